The van der Waals surface area contributed by atoms with Crippen LogP contribution >= 0.6 is 0 Å². The number of rotatable bonds is 3. The fourth-order valence-corrected chi connectivity index (χ4v) is 6.05. The number of para-hydroxylation sites is 1. The average molecular weight is 487 g/mol. The topological polar surface area (TPSA) is 82.1 Å². The highest BCUT2D eigenvalue weighted by Gasteiger charge is 2.65. The van der Waals surface area contributed by atoms with Crippen molar-refractivity contribution in [2.24, 2.45) is 16.9 Å². The molecule has 4 aromatic rings. The van der Waals surface area contributed by atoms with Gasteiger partial charge in [0.1, 0.15) is 6.04 Å². The molecule has 37 heavy (non-hydrogen) atoms. The minimum Gasteiger partial charge on any atom is -0.324 e. The van der Waals surface area contributed by atoms with Gasteiger partial charge < -0.3 is 5.32 Å². The maximum absolute atomic E-state index is 14.1. The summed E-state index contributed by atoms with van der Waals surface area (Å²) in [6.07, 6.45) is 1.70. The second-order valence-electron chi connectivity index (χ2n) is 9.56. The van der Waals surface area contributed by atoms with Crippen molar-refractivity contribution in [1.82, 2.24) is 5.01 Å². The van der Waals surface area contributed by atoms with Crippen LogP contribution in [0.25, 0.3) is 10.8 Å². The lowest BCUT2D eigenvalue weighted by atomic mass is 9.85. The van der Waals surface area contributed by atoms with E-state index in [1.807, 2.05) is 78.9 Å². The molecule has 0 aliphatic carbocycles. The molecule has 0 spiro atoms. The number of benzene rings is 4. The first-order valence-electron chi connectivity index (χ1n) is 12.3. The van der Waals surface area contributed by atoms with E-state index in [1.54, 1.807) is 29.4 Å². The molecule has 3 aliphatic heterocycles. The van der Waals surface area contributed by atoms with Crippen LogP contribution in [0.15, 0.2) is 102 Å². The Labute approximate surface area is 213 Å². The molecule has 0 saturated carbocycles. The highest BCUT2D eigenvalue weighted by atomic mass is 16.2. The van der Waals surface area contributed by atoms with E-state index in [0.717, 1.165) is 21.9 Å². The van der Waals surface area contributed by atoms with Gasteiger partial charge in [-0.15, -0.1) is 0 Å². The number of carbonyl (C=O) groups excluding carboxylic acids is 3. The summed E-state index contributed by atoms with van der Waals surface area (Å²) in [6, 6.07) is 28.6. The summed E-state index contributed by atoms with van der Waals surface area (Å²) < 4.78 is 0. The Bertz CT molecular complexity index is 1610. The Hall–Kier alpha value is -4.78. The van der Waals surface area contributed by atoms with Crippen molar-refractivity contribution in [3.05, 3.63) is 108 Å². The van der Waals surface area contributed by atoms with Crippen LogP contribution in [0.5, 0.6) is 0 Å². The first-order chi connectivity index (χ1) is 18.1. The number of anilines is 2. The van der Waals surface area contributed by atoms with E-state index in [0.29, 0.717) is 11.4 Å². The van der Waals surface area contributed by atoms with Gasteiger partial charge in [-0.1, -0.05) is 78.9 Å². The number of hydrogen-bond donors (Lipinski definition) is 1. The monoisotopic (exact) mass is 486 g/mol. The molecule has 3 aliphatic rings. The van der Waals surface area contributed by atoms with Gasteiger partial charge in [0.15, 0.2) is 0 Å². The van der Waals surface area contributed by atoms with Crippen molar-refractivity contribution in [3.63, 3.8) is 0 Å². The summed E-state index contributed by atoms with van der Waals surface area (Å²) in [6.45, 7) is 0. The molecule has 4 aromatic carbocycles. The molecule has 2 saturated heterocycles. The normalized spacial score (nSPS) is 23.7. The Balaban J connectivity index is 1.36. The molecule has 180 valence electrons. The molecule has 0 bridgehead atoms. The van der Waals surface area contributed by atoms with E-state index in [2.05, 4.69) is 10.4 Å². The summed E-state index contributed by atoms with van der Waals surface area (Å²) >= 11 is 0. The smallest absolute Gasteiger partial charge is 0.249 e. The highest BCUT2D eigenvalue weighted by Crippen LogP contribution is 2.53. The van der Waals surface area contributed by atoms with Crippen LogP contribution in [0.1, 0.15) is 17.2 Å². The van der Waals surface area contributed by atoms with Crippen molar-refractivity contribution in [3.8, 4) is 0 Å². The lowest BCUT2D eigenvalue weighted by molar-refractivity contribution is -0.129. The van der Waals surface area contributed by atoms with Crippen LogP contribution in [-0.2, 0) is 14.4 Å². The molecule has 0 radical (unpaired) electrons. The summed E-state index contributed by atoms with van der Waals surface area (Å²) in [4.78, 5) is 43.3. The number of nitrogens with one attached hydrogen (secondary N) is 1. The van der Waals surface area contributed by atoms with Gasteiger partial charge in [0.25, 0.3) is 0 Å². The molecular weight excluding hydrogens is 464 g/mol. The Morgan fingerprint density at radius 1 is 0.757 bits per heavy atom. The Morgan fingerprint density at radius 2 is 1.46 bits per heavy atom. The third kappa shape index (κ3) is 3.13. The zero-order valence-corrected chi connectivity index (χ0v) is 19.7. The zero-order chi connectivity index (χ0) is 25.1. The van der Waals surface area contributed by atoms with Crippen molar-refractivity contribution < 1.29 is 14.4 Å². The van der Waals surface area contributed by atoms with Crippen LogP contribution in [0.2, 0.25) is 0 Å². The molecular formula is C30H22N4O3. The van der Waals surface area contributed by atoms with Gasteiger partial charge in [0.05, 0.1) is 29.8 Å². The summed E-state index contributed by atoms with van der Waals surface area (Å²) in [5.74, 6) is -2.65. The quantitative estimate of drug-likeness (QED) is 0.437. The van der Waals surface area contributed by atoms with Gasteiger partial charge >= 0.3 is 0 Å². The first kappa shape index (κ1) is 21.5. The second kappa shape index (κ2) is 8.13. The van der Waals surface area contributed by atoms with Crippen molar-refractivity contribution in [2.75, 3.05) is 10.2 Å². The van der Waals surface area contributed by atoms with Crippen LogP contribution in [0.3, 0.4) is 0 Å². The predicted octanol–water partition coefficient (Wildman–Crippen LogP) is 4.36. The molecule has 7 heteroatoms. The minimum atomic E-state index is -0.934. The van der Waals surface area contributed by atoms with Crippen LogP contribution < -0.4 is 10.2 Å². The predicted molar refractivity (Wildman–Crippen MR) is 141 cm³/mol. The molecule has 7 nitrogen and oxygen atoms in total. The van der Waals surface area contributed by atoms with E-state index in [1.165, 1.54) is 4.90 Å². The molecule has 2 fully saturated rings. The summed E-state index contributed by atoms with van der Waals surface area (Å²) in [7, 11) is 0. The number of carbonyl (C=O) groups is 3. The van der Waals surface area contributed by atoms with E-state index in [9.17, 15) is 14.4 Å². The van der Waals surface area contributed by atoms with Gasteiger partial charge in [0.2, 0.25) is 17.7 Å². The molecule has 3 amide bonds. The molecule has 0 aromatic heterocycles. The molecule has 3 heterocycles. The fraction of sp³-hybridized carbons (Fsp3) is 0.133. The zero-order valence-electron chi connectivity index (χ0n) is 19.7. The third-order valence-electron chi connectivity index (χ3n) is 7.61. The van der Waals surface area contributed by atoms with Crippen molar-refractivity contribution in [2.45, 2.75) is 12.1 Å². The highest BCUT2D eigenvalue weighted by molar-refractivity contribution is 6.26. The molecule has 4 atom stereocenters. The average Bonchev–Trinajstić information content (AvgIpc) is 3.41. The number of fused-ring (bicyclic) bond motifs is 6. The molecule has 7 rings (SSSR count). The third-order valence-corrected chi connectivity index (χ3v) is 7.61. The molecule has 1 N–H and O–H groups in total. The maximum atomic E-state index is 14.1. The van der Waals surface area contributed by atoms with Crippen LogP contribution in [0, 0.1) is 11.8 Å². The summed E-state index contributed by atoms with van der Waals surface area (Å²) in [5.41, 5.74) is 2.94. The number of hydrogen-bond acceptors (Lipinski definition) is 5. The van der Waals surface area contributed by atoms with Gasteiger partial charge in [-0.25, -0.2) is 4.90 Å². The van der Waals surface area contributed by atoms with Gasteiger partial charge in [-0.2, -0.15) is 5.10 Å². The van der Waals surface area contributed by atoms with Gasteiger partial charge in [-0.05, 0) is 34.7 Å². The standard InChI is InChI=1S/C30H22N4O3/c35-28(32-20-12-2-1-3-13-20)27-25-24(26-22-15-7-5-10-19(22)17-31-34(26)27)29(36)33(30(25)37)23-16-8-11-18-9-4-6-14-21(18)23/h1-17,24-27H,(H,32,35)/t24-,25+,26-,27-/m0/s1. The molecule has 0 unspecified atom stereocenters. The number of nitrogens with zero attached hydrogens (tertiary/aromatic N) is 3. The number of amides is 3. The van der Waals surface area contributed by atoms with Crippen molar-refractivity contribution >= 4 is 46.1 Å². The lowest BCUT2D eigenvalue weighted by Gasteiger charge is -2.33. The minimum absolute atomic E-state index is 0.303. The van der Waals surface area contributed by atoms with Crippen LogP contribution in [0.4, 0.5) is 11.4 Å². The summed E-state index contributed by atoms with van der Waals surface area (Å²) in [5, 5.41) is 10.9. The maximum Gasteiger partial charge on any atom is 0.249 e. The van der Waals surface area contributed by atoms with E-state index in [-0.39, 0.29) is 17.7 Å². The SMILES string of the molecule is O=C(Nc1ccccc1)[C@@H]1[C@@H]2C(=O)N(c3cccc4ccccc34)C(=O)[C@@H]2[C@@H]2c3ccccc3C=NN12. The van der Waals surface area contributed by atoms with Crippen LogP contribution in [-0.4, -0.2) is 35.0 Å². The van der Waals surface area contributed by atoms with E-state index < -0.39 is 23.9 Å². The fourth-order valence-electron chi connectivity index (χ4n) is 6.05. The van der Waals surface area contributed by atoms with E-state index in [4.69, 9.17) is 0 Å². The number of imide groups is 1. The Kier molecular flexibility index (Phi) is 4.72. The van der Waals surface area contributed by atoms with Gasteiger partial charge in [-0.3, -0.25) is 19.4 Å². The first-order valence-corrected chi connectivity index (χ1v) is 12.3. The largest absolute Gasteiger partial charge is 0.324 e. The van der Waals surface area contributed by atoms with Crippen molar-refractivity contribution in [1.29, 1.82) is 0 Å². The van der Waals surface area contributed by atoms with E-state index >= 15 is 0 Å². The second-order valence-corrected chi connectivity index (χ2v) is 9.56. The number of hydrazone groups is 1. The lowest BCUT2D eigenvalue weighted by Crippen LogP contribution is -2.46. The van der Waals surface area contributed by atoms with Gasteiger partial charge in [0, 0.05) is 11.1 Å². The Morgan fingerprint density at radius 3 is 2.32 bits per heavy atom.